The topological polar surface area (TPSA) is 50.4 Å². The van der Waals surface area contributed by atoms with Gasteiger partial charge in [0.2, 0.25) is 0 Å². The van der Waals surface area contributed by atoms with Gasteiger partial charge in [-0.25, -0.2) is 0 Å². The average molecular weight is 332 g/mol. The summed E-state index contributed by atoms with van der Waals surface area (Å²) < 4.78 is 5.52. The molecule has 1 amide bonds. The van der Waals surface area contributed by atoms with Crippen molar-refractivity contribution in [3.8, 4) is 5.75 Å². The van der Waals surface area contributed by atoms with Crippen molar-refractivity contribution in [2.75, 3.05) is 11.9 Å². The SMILES string of the molecule is O=C(COc1ccc(Nc2ccccc2)cc1)NCc1ccccc1. The third kappa shape index (κ3) is 5.39. The Kier molecular flexibility index (Phi) is 5.67. The lowest BCUT2D eigenvalue weighted by molar-refractivity contribution is -0.123. The van der Waals surface area contributed by atoms with Gasteiger partial charge in [0, 0.05) is 17.9 Å². The molecule has 3 rings (SSSR count). The van der Waals surface area contributed by atoms with Gasteiger partial charge in [0.1, 0.15) is 5.75 Å². The van der Waals surface area contributed by atoms with E-state index >= 15 is 0 Å². The van der Waals surface area contributed by atoms with Crippen molar-refractivity contribution in [3.63, 3.8) is 0 Å². The highest BCUT2D eigenvalue weighted by Gasteiger charge is 2.03. The van der Waals surface area contributed by atoms with Crippen LogP contribution in [0, 0.1) is 0 Å². The Labute approximate surface area is 147 Å². The second kappa shape index (κ2) is 8.55. The largest absolute Gasteiger partial charge is 0.484 e. The van der Waals surface area contributed by atoms with Crippen LogP contribution >= 0.6 is 0 Å². The zero-order valence-corrected chi connectivity index (χ0v) is 13.8. The van der Waals surface area contributed by atoms with Crippen LogP contribution in [-0.2, 0) is 11.3 Å². The summed E-state index contributed by atoms with van der Waals surface area (Å²) in [4.78, 5) is 11.8. The quantitative estimate of drug-likeness (QED) is 0.684. The number of ether oxygens (including phenoxy) is 1. The van der Waals surface area contributed by atoms with Gasteiger partial charge in [0.15, 0.2) is 6.61 Å². The van der Waals surface area contributed by atoms with E-state index in [9.17, 15) is 4.79 Å². The van der Waals surface area contributed by atoms with Gasteiger partial charge in [0.25, 0.3) is 5.91 Å². The zero-order chi connectivity index (χ0) is 17.3. The van der Waals surface area contributed by atoms with E-state index in [2.05, 4.69) is 10.6 Å². The summed E-state index contributed by atoms with van der Waals surface area (Å²) in [6.07, 6.45) is 0. The predicted molar refractivity (Wildman–Crippen MR) is 100.0 cm³/mol. The first kappa shape index (κ1) is 16.6. The first-order chi connectivity index (χ1) is 12.3. The molecule has 0 radical (unpaired) electrons. The highest BCUT2D eigenvalue weighted by atomic mass is 16.5. The van der Waals surface area contributed by atoms with E-state index in [1.54, 1.807) is 0 Å². The summed E-state index contributed by atoms with van der Waals surface area (Å²) in [5.41, 5.74) is 3.05. The Morgan fingerprint density at radius 3 is 2.04 bits per heavy atom. The molecule has 0 spiro atoms. The van der Waals surface area contributed by atoms with Gasteiger partial charge < -0.3 is 15.4 Å². The fraction of sp³-hybridized carbons (Fsp3) is 0.0952. The molecule has 0 aromatic heterocycles. The van der Waals surface area contributed by atoms with Crippen molar-refractivity contribution in [1.82, 2.24) is 5.32 Å². The third-order valence-electron chi connectivity index (χ3n) is 3.62. The molecule has 2 N–H and O–H groups in total. The number of carbonyl (C=O) groups excluding carboxylic acids is 1. The van der Waals surface area contributed by atoms with Gasteiger partial charge in [-0.05, 0) is 42.0 Å². The minimum atomic E-state index is -0.143. The monoisotopic (exact) mass is 332 g/mol. The molecular weight excluding hydrogens is 312 g/mol. The fourth-order valence-electron chi connectivity index (χ4n) is 2.32. The molecule has 0 atom stereocenters. The van der Waals surface area contributed by atoms with Crippen LogP contribution in [-0.4, -0.2) is 12.5 Å². The molecule has 0 aliphatic carbocycles. The van der Waals surface area contributed by atoms with Gasteiger partial charge >= 0.3 is 0 Å². The number of para-hydroxylation sites is 1. The molecule has 0 aliphatic rings. The highest BCUT2D eigenvalue weighted by Crippen LogP contribution is 2.19. The average Bonchev–Trinajstić information content (AvgIpc) is 2.67. The molecule has 3 aromatic rings. The van der Waals surface area contributed by atoms with Crippen molar-refractivity contribution < 1.29 is 9.53 Å². The maximum Gasteiger partial charge on any atom is 0.258 e. The summed E-state index contributed by atoms with van der Waals surface area (Å²) in [6, 6.07) is 27.3. The van der Waals surface area contributed by atoms with Crippen LogP contribution in [0.15, 0.2) is 84.9 Å². The molecule has 126 valence electrons. The summed E-state index contributed by atoms with van der Waals surface area (Å²) in [5.74, 6) is 0.517. The number of rotatable bonds is 7. The van der Waals surface area contributed by atoms with E-state index in [0.717, 1.165) is 16.9 Å². The Morgan fingerprint density at radius 2 is 1.36 bits per heavy atom. The second-order valence-electron chi connectivity index (χ2n) is 5.57. The Hall–Kier alpha value is -3.27. The molecular formula is C21H20N2O2. The minimum Gasteiger partial charge on any atom is -0.484 e. The molecule has 4 nitrogen and oxygen atoms in total. The van der Waals surface area contributed by atoms with Gasteiger partial charge in [0.05, 0.1) is 0 Å². The lowest BCUT2D eigenvalue weighted by Crippen LogP contribution is -2.28. The minimum absolute atomic E-state index is 0.00169. The maximum absolute atomic E-state index is 11.8. The lowest BCUT2D eigenvalue weighted by atomic mass is 10.2. The molecule has 0 fully saturated rings. The van der Waals surface area contributed by atoms with Crippen molar-refractivity contribution in [2.24, 2.45) is 0 Å². The van der Waals surface area contributed by atoms with Crippen molar-refractivity contribution in [3.05, 3.63) is 90.5 Å². The van der Waals surface area contributed by atoms with Crippen LogP contribution in [0.2, 0.25) is 0 Å². The third-order valence-corrected chi connectivity index (χ3v) is 3.62. The number of hydrogen-bond acceptors (Lipinski definition) is 3. The van der Waals surface area contributed by atoms with E-state index in [1.165, 1.54) is 0 Å². The molecule has 4 heteroatoms. The van der Waals surface area contributed by atoms with Gasteiger partial charge in [-0.2, -0.15) is 0 Å². The van der Waals surface area contributed by atoms with Crippen LogP contribution in [0.1, 0.15) is 5.56 Å². The molecule has 0 aliphatic heterocycles. The van der Waals surface area contributed by atoms with E-state index in [1.807, 2.05) is 84.9 Å². The van der Waals surface area contributed by atoms with E-state index in [4.69, 9.17) is 4.74 Å². The molecule has 0 bridgehead atoms. The molecule has 3 aromatic carbocycles. The van der Waals surface area contributed by atoms with Crippen molar-refractivity contribution in [2.45, 2.75) is 6.54 Å². The predicted octanol–water partition coefficient (Wildman–Crippen LogP) is 4.13. The number of amides is 1. The van der Waals surface area contributed by atoms with Crippen LogP contribution < -0.4 is 15.4 Å². The number of benzene rings is 3. The van der Waals surface area contributed by atoms with E-state index in [-0.39, 0.29) is 12.5 Å². The van der Waals surface area contributed by atoms with E-state index in [0.29, 0.717) is 12.3 Å². The zero-order valence-electron chi connectivity index (χ0n) is 13.8. The van der Waals surface area contributed by atoms with Crippen molar-refractivity contribution in [1.29, 1.82) is 0 Å². The van der Waals surface area contributed by atoms with Gasteiger partial charge in [-0.1, -0.05) is 48.5 Å². The Morgan fingerprint density at radius 1 is 0.760 bits per heavy atom. The van der Waals surface area contributed by atoms with Gasteiger partial charge in [-0.3, -0.25) is 4.79 Å². The maximum atomic E-state index is 11.8. The summed E-state index contributed by atoms with van der Waals surface area (Å²) in [5, 5.41) is 6.14. The smallest absolute Gasteiger partial charge is 0.258 e. The van der Waals surface area contributed by atoms with Gasteiger partial charge in [-0.15, -0.1) is 0 Å². The molecule has 0 saturated heterocycles. The lowest BCUT2D eigenvalue weighted by Gasteiger charge is -2.09. The van der Waals surface area contributed by atoms with Crippen LogP contribution in [0.25, 0.3) is 0 Å². The second-order valence-corrected chi connectivity index (χ2v) is 5.57. The summed E-state index contributed by atoms with van der Waals surface area (Å²) in [7, 11) is 0. The number of nitrogens with one attached hydrogen (secondary N) is 2. The van der Waals surface area contributed by atoms with E-state index < -0.39 is 0 Å². The first-order valence-electron chi connectivity index (χ1n) is 8.15. The van der Waals surface area contributed by atoms with Crippen molar-refractivity contribution >= 4 is 17.3 Å². The molecule has 0 saturated carbocycles. The number of hydrogen-bond donors (Lipinski definition) is 2. The number of carbonyl (C=O) groups is 1. The highest BCUT2D eigenvalue weighted by molar-refractivity contribution is 5.77. The molecule has 25 heavy (non-hydrogen) atoms. The normalized spacial score (nSPS) is 10.1. The summed E-state index contributed by atoms with van der Waals surface area (Å²) >= 11 is 0. The standard InChI is InChI=1S/C21H20N2O2/c24-21(22-15-17-7-3-1-4-8-17)16-25-20-13-11-19(12-14-20)23-18-9-5-2-6-10-18/h1-14,23H,15-16H2,(H,22,24). The molecule has 0 unspecified atom stereocenters. The van der Waals surface area contributed by atoms with Crippen LogP contribution in [0.5, 0.6) is 5.75 Å². The molecule has 0 heterocycles. The summed E-state index contributed by atoms with van der Waals surface area (Å²) in [6.45, 7) is 0.501. The fourth-order valence-corrected chi connectivity index (χ4v) is 2.32. The van der Waals surface area contributed by atoms with Crippen LogP contribution in [0.3, 0.4) is 0 Å². The Bertz CT molecular complexity index is 787. The first-order valence-corrected chi connectivity index (χ1v) is 8.15. The Balaban J connectivity index is 1.44. The van der Waals surface area contributed by atoms with Crippen LogP contribution in [0.4, 0.5) is 11.4 Å². The number of anilines is 2.